The summed E-state index contributed by atoms with van der Waals surface area (Å²) in [4.78, 5) is 13.2. The monoisotopic (exact) mass is 303 g/mol. The SMILES string of the molecule is COCCN(CC1(O)CCC(C(=O)O)CC1)C(C)COC. The topological polar surface area (TPSA) is 79.2 Å². The zero-order valence-corrected chi connectivity index (χ0v) is 13.4. The van der Waals surface area contributed by atoms with Crippen LogP contribution >= 0.6 is 0 Å². The highest BCUT2D eigenvalue weighted by Crippen LogP contribution is 2.33. The van der Waals surface area contributed by atoms with Crippen LogP contribution in [0.1, 0.15) is 32.6 Å². The van der Waals surface area contributed by atoms with E-state index in [9.17, 15) is 9.90 Å². The Balaban J connectivity index is 2.58. The molecule has 0 aromatic rings. The van der Waals surface area contributed by atoms with E-state index >= 15 is 0 Å². The summed E-state index contributed by atoms with van der Waals surface area (Å²) in [5.41, 5.74) is -0.804. The zero-order chi connectivity index (χ0) is 15.9. The van der Waals surface area contributed by atoms with Gasteiger partial charge >= 0.3 is 5.97 Å². The van der Waals surface area contributed by atoms with Gasteiger partial charge in [-0.25, -0.2) is 0 Å². The predicted octanol–water partition coefficient (Wildman–Crippen LogP) is 0.976. The van der Waals surface area contributed by atoms with Gasteiger partial charge in [0, 0.05) is 33.4 Å². The van der Waals surface area contributed by atoms with Gasteiger partial charge in [-0.3, -0.25) is 9.69 Å². The van der Waals surface area contributed by atoms with Crippen molar-refractivity contribution < 1.29 is 24.5 Å². The van der Waals surface area contributed by atoms with Crippen LogP contribution in [-0.2, 0) is 14.3 Å². The highest BCUT2D eigenvalue weighted by molar-refractivity contribution is 5.70. The summed E-state index contributed by atoms with van der Waals surface area (Å²) >= 11 is 0. The van der Waals surface area contributed by atoms with Crippen molar-refractivity contribution in [1.82, 2.24) is 4.90 Å². The van der Waals surface area contributed by atoms with Crippen molar-refractivity contribution in [3.8, 4) is 0 Å². The van der Waals surface area contributed by atoms with Gasteiger partial charge in [0.15, 0.2) is 0 Å². The molecule has 0 spiro atoms. The van der Waals surface area contributed by atoms with Crippen LogP contribution in [0.25, 0.3) is 0 Å². The number of hydrogen-bond acceptors (Lipinski definition) is 5. The van der Waals surface area contributed by atoms with Crippen LogP contribution in [-0.4, -0.2) is 73.2 Å². The number of carboxylic acids is 1. The van der Waals surface area contributed by atoms with Crippen molar-refractivity contribution in [3.63, 3.8) is 0 Å². The van der Waals surface area contributed by atoms with Gasteiger partial charge in [0.1, 0.15) is 0 Å². The van der Waals surface area contributed by atoms with E-state index in [1.807, 2.05) is 0 Å². The fourth-order valence-corrected chi connectivity index (χ4v) is 2.95. The molecule has 0 radical (unpaired) electrons. The number of ether oxygens (including phenoxy) is 2. The summed E-state index contributed by atoms with van der Waals surface area (Å²) in [7, 11) is 3.32. The van der Waals surface area contributed by atoms with E-state index in [-0.39, 0.29) is 12.0 Å². The number of hydrogen-bond donors (Lipinski definition) is 2. The molecule has 1 unspecified atom stereocenters. The molecule has 1 rings (SSSR count). The molecule has 0 heterocycles. The van der Waals surface area contributed by atoms with Gasteiger partial charge in [0.05, 0.1) is 24.7 Å². The second kappa shape index (κ2) is 8.68. The Morgan fingerprint density at radius 2 is 1.95 bits per heavy atom. The zero-order valence-electron chi connectivity index (χ0n) is 13.4. The number of carboxylic acid groups (broad SMARTS) is 1. The van der Waals surface area contributed by atoms with Crippen LogP contribution in [0.2, 0.25) is 0 Å². The normalized spacial score (nSPS) is 27.8. The van der Waals surface area contributed by atoms with Gasteiger partial charge in [-0.1, -0.05) is 0 Å². The molecule has 0 aromatic heterocycles. The Bertz CT molecular complexity index is 315. The molecule has 0 aromatic carbocycles. The quantitative estimate of drug-likeness (QED) is 0.661. The molecule has 1 saturated carbocycles. The first-order valence-corrected chi connectivity index (χ1v) is 7.59. The standard InChI is InChI=1S/C15H29NO5/c1-12(10-21-3)16(8-9-20-2)11-15(19)6-4-13(5-7-15)14(17)18/h12-13,19H,4-11H2,1-3H3,(H,17,18). The van der Waals surface area contributed by atoms with Gasteiger partial charge in [-0.05, 0) is 32.6 Å². The summed E-state index contributed by atoms with van der Waals surface area (Å²) in [5, 5.41) is 19.8. The summed E-state index contributed by atoms with van der Waals surface area (Å²) in [6, 6.07) is 0.186. The molecule has 21 heavy (non-hydrogen) atoms. The maximum Gasteiger partial charge on any atom is 0.306 e. The van der Waals surface area contributed by atoms with E-state index in [0.717, 1.165) is 6.54 Å². The lowest BCUT2D eigenvalue weighted by Crippen LogP contribution is -2.50. The average Bonchev–Trinajstić information content (AvgIpc) is 2.44. The predicted molar refractivity (Wildman–Crippen MR) is 79.3 cm³/mol. The molecule has 1 fully saturated rings. The van der Waals surface area contributed by atoms with Crippen molar-refractivity contribution in [3.05, 3.63) is 0 Å². The highest BCUT2D eigenvalue weighted by atomic mass is 16.5. The first kappa shape index (κ1) is 18.4. The van der Waals surface area contributed by atoms with Crippen molar-refractivity contribution >= 4 is 5.97 Å². The van der Waals surface area contributed by atoms with Gasteiger partial charge in [0.25, 0.3) is 0 Å². The molecule has 6 nitrogen and oxygen atoms in total. The molecule has 0 saturated heterocycles. The minimum Gasteiger partial charge on any atom is -0.481 e. The average molecular weight is 303 g/mol. The minimum absolute atomic E-state index is 0.186. The van der Waals surface area contributed by atoms with E-state index in [4.69, 9.17) is 14.6 Å². The largest absolute Gasteiger partial charge is 0.481 e. The van der Waals surface area contributed by atoms with Gasteiger partial charge in [0.2, 0.25) is 0 Å². The van der Waals surface area contributed by atoms with Crippen LogP contribution in [0, 0.1) is 5.92 Å². The van der Waals surface area contributed by atoms with E-state index in [0.29, 0.717) is 45.4 Å². The first-order valence-electron chi connectivity index (χ1n) is 7.59. The molecule has 1 aliphatic rings. The molecular weight excluding hydrogens is 274 g/mol. The fraction of sp³-hybridized carbons (Fsp3) is 0.933. The third-order valence-electron chi connectivity index (χ3n) is 4.38. The van der Waals surface area contributed by atoms with E-state index in [2.05, 4.69) is 11.8 Å². The molecule has 0 amide bonds. The third-order valence-corrected chi connectivity index (χ3v) is 4.38. The summed E-state index contributed by atoms with van der Waals surface area (Å²) in [6.45, 7) is 4.52. The molecule has 0 aliphatic heterocycles. The molecule has 6 heteroatoms. The number of carbonyl (C=O) groups is 1. The summed E-state index contributed by atoms with van der Waals surface area (Å²) in [5.74, 6) is -1.06. The number of methoxy groups -OCH3 is 2. The number of nitrogens with zero attached hydrogens (tertiary/aromatic N) is 1. The van der Waals surface area contributed by atoms with Crippen LogP contribution in [0.4, 0.5) is 0 Å². The Labute approximate surface area is 127 Å². The fourth-order valence-electron chi connectivity index (χ4n) is 2.95. The Kier molecular flexibility index (Phi) is 7.59. The first-order chi connectivity index (χ1) is 9.91. The third kappa shape index (κ3) is 5.90. The van der Waals surface area contributed by atoms with Crippen LogP contribution in [0.15, 0.2) is 0 Å². The Hall–Kier alpha value is -0.690. The molecule has 2 N–H and O–H groups in total. The van der Waals surface area contributed by atoms with Crippen LogP contribution < -0.4 is 0 Å². The summed E-state index contributed by atoms with van der Waals surface area (Å²) in [6.07, 6.45) is 2.16. The Morgan fingerprint density at radius 1 is 1.33 bits per heavy atom. The number of rotatable bonds is 9. The van der Waals surface area contributed by atoms with Crippen molar-refractivity contribution in [2.75, 3.05) is 40.5 Å². The molecule has 1 aliphatic carbocycles. The summed E-state index contributed by atoms with van der Waals surface area (Å²) < 4.78 is 10.3. The van der Waals surface area contributed by atoms with Crippen LogP contribution in [0.3, 0.4) is 0 Å². The highest BCUT2D eigenvalue weighted by Gasteiger charge is 2.37. The van der Waals surface area contributed by atoms with Crippen molar-refractivity contribution in [2.45, 2.75) is 44.2 Å². The van der Waals surface area contributed by atoms with Crippen molar-refractivity contribution in [1.29, 1.82) is 0 Å². The lowest BCUT2D eigenvalue weighted by molar-refractivity contribution is -0.145. The lowest BCUT2D eigenvalue weighted by atomic mass is 9.78. The van der Waals surface area contributed by atoms with Gasteiger partial charge in [-0.2, -0.15) is 0 Å². The molecule has 0 bridgehead atoms. The van der Waals surface area contributed by atoms with E-state index < -0.39 is 11.6 Å². The van der Waals surface area contributed by atoms with Crippen LogP contribution in [0.5, 0.6) is 0 Å². The maximum atomic E-state index is 11.0. The van der Waals surface area contributed by atoms with E-state index in [1.54, 1.807) is 14.2 Å². The lowest BCUT2D eigenvalue weighted by Gasteiger charge is -2.40. The second-order valence-electron chi connectivity index (χ2n) is 6.10. The number of aliphatic carboxylic acids is 1. The molecule has 124 valence electrons. The second-order valence-corrected chi connectivity index (χ2v) is 6.10. The Morgan fingerprint density at radius 3 is 2.43 bits per heavy atom. The number of aliphatic hydroxyl groups is 1. The van der Waals surface area contributed by atoms with Gasteiger partial charge < -0.3 is 19.7 Å². The maximum absolute atomic E-state index is 11.0. The molecule has 1 atom stereocenters. The van der Waals surface area contributed by atoms with E-state index in [1.165, 1.54) is 0 Å². The van der Waals surface area contributed by atoms with Gasteiger partial charge in [-0.15, -0.1) is 0 Å². The smallest absolute Gasteiger partial charge is 0.306 e. The van der Waals surface area contributed by atoms with Crippen molar-refractivity contribution in [2.24, 2.45) is 5.92 Å². The molecular formula is C15H29NO5. The minimum atomic E-state index is -0.804.